The van der Waals surface area contributed by atoms with Crippen molar-refractivity contribution in [3.8, 4) is 17.0 Å². The lowest BCUT2D eigenvalue weighted by Gasteiger charge is -2.23. The van der Waals surface area contributed by atoms with E-state index in [-0.39, 0.29) is 12.5 Å². The van der Waals surface area contributed by atoms with E-state index in [9.17, 15) is 5.11 Å². The van der Waals surface area contributed by atoms with Gasteiger partial charge < -0.3 is 19.9 Å². The molecule has 0 saturated carbocycles. The van der Waals surface area contributed by atoms with Crippen LogP contribution in [-0.2, 0) is 11.2 Å². The number of aromatic nitrogens is 5. The minimum atomic E-state index is 0.136. The zero-order chi connectivity index (χ0) is 24.5. The summed E-state index contributed by atoms with van der Waals surface area (Å²) in [4.78, 5) is 9.01. The van der Waals surface area contributed by atoms with Crippen LogP contribution < -0.4 is 10.1 Å². The zero-order valence-corrected chi connectivity index (χ0v) is 20.2. The predicted octanol–water partition coefficient (Wildman–Crippen LogP) is 3.64. The lowest BCUT2D eigenvalue weighted by atomic mass is 10.1. The highest BCUT2D eigenvalue weighted by molar-refractivity contribution is 5.64. The van der Waals surface area contributed by atoms with Gasteiger partial charge in [-0.2, -0.15) is 0 Å². The molecule has 4 heterocycles. The van der Waals surface area contributed by atoms with E-state index in [1.54, 1.807) is 13.3 Å². The number of anilines is 1. The average molecular weight is 477 g/mol. The van der Waals surface area contributed by atoms with Crippen LogP contribution in [0.5, 0.6) is 5.75 Å². The van der Waals surface area contributed by atoms with Gasteiger partial charge in [0.2, 0.25) is 5.95 Å². The molecule has 4 aromatic rings. The Bertz CT molecular complexity index is 1190. The molecule has 5 rings (SSSR count). The first-order valence-corrected chi connectivity index (χ1v) is 11.9. The molecule has 184 valence electrons. The van der Waals surface area contributed by atoms with Crippen LogP contribution in [0.4, 0.5) is 5.95 Å². The molecule has 3 aromatic heterocycles. The molecule has 2 N–H and O–H groups in total. The molecule has 0 spiro atoms. The van der Waals surface area contributed by atoms with E-state index in [4.69, 9.17) is 9.47 Å². The van der Waals surface area contributed by atoms with Gasteiger partial charge in [-0.3, -0.25) is 4.40 Å². The minimum Gasteiger partial charge on any atom is -0.497 e. The first-order chi connectivity index (χ1) is 17.2. The van der Waals surface area contributed by atoms with Gasteiger partial charge in [-0.1, -0.05) is 25.1 Å². The molecule has 0 aliphatic carbocycles. The van der Waals surface area contributed by atoms with Crippen LogP contribution in [0.2, 0.25) is 0 Å². The number of aliphatic hydroxyl groups is 1. The van der Waals surface area contributed by atoms with Gasteiger partial charge in [0.05, 0.1) is 12.8 Å². The molecule has 1 atom stereocenters. The molecule has 0 radical (unpaired) electrons. The number of para-hydroxylation sites is 1. The number of fused-ring (bicyclic) bond motifs is 1. The summed E-state index contributed by atoms with van der Waals surface area (Å²) in [5.41, 5.74) is 2.58. The molecule has 0 bridgehead atoms. The van der Waals surface area contributed by atoms with Crippen LogP contribution in [0.25, 0.3) is 16.9 Å². The topological polar surface area (TPSA) is 107 Å². The lowest BCUT2D eigenvalue weighted by Crippen LogP contribution is -2.28. The largest absolute Gasteiger partial charge is 0.497 e. The molecule has 9 heteroatoms. The summed E-state index contributed by atoms with van der Waals surface area (Å²) in [7, 11) is 1.66. The Kier molecular flexibility index (Phi) is 8.58. The quantitative estimate of drug-likeness (QED) is 0.416. The van der Waals surface area contributed by atoms with Crippen molar-refractivity contribution in [2.75, 3.05) is 32.2 Å². The molecule has 1 aliphatic rings. The van der Waals surface area contributed by atoms with Crippen molar-refractivity contribution in [2.24, 2.45) is 5.92 Å². The standard InChI is InChI=1S/C19H24N6O2.C7H8O/c1-13(12-26)10-17-23-24-18-11-14(3-7-25(17)18)16-2-6-20-19(22-16)21-15-4-8-27-9-5-15;1-8-7-5-3-2-4-6-7/h2-3,6-7,11,13,15,26H,4-5,8-10,12H2,1H3,(H,20,21,22);2-6H,1H3. The Hall–Kier alpha value is -3.56. The monoisotopic (exact) mass is 476 g/mol. The zero-order valence-electron chi connectivity index (χ0n) is 20.2. The summed E-state index contributed by atoms with van der Waals surface area (Å²) in [5.74, 6) is 2.55. The van der Waals surface area contributed by atoms with E-state index >= 15 is 0 Å². The van der Waals surface area contributed by atoms with Gasteiger partial charge in [-0.05, 0) is 49.1 Å². The van der Waals surface area contributed by atoms with Crippen LogP contribution >= 0.6 is 0 Å². The first kappa shape index (κ1) is 24.6. The highest BCUT2D eigenvalue weighted by Crippen LogP contribution is 2.21. The summed E-state index contributed by atoms with van der Waals surface area (Å²) in [5, 5.41) is 21.2. The molecule has 35 heavy (non-hydrogen) atoms. The maximum absolute atomic E-state index is 9.26. The number of aliphatic hydroxyl groups excluding tert-OH is 1. The van der Waals surface area contributed by atoms with Gasteiger partial charge in [-0.25, -0.2) is 9.97 Å². The molecule has 1 unspecified atom stereocenters. The minimum absolute atomic E-state index is 0.136. The van der Waals surface area contributed by atoms with Crippen LogP contribution in [0.3, 0.4) is 0 Å². The predicted molar refractivity (Wildman–Crippen MR) is 134 cm³/mol. The van der Waals surface area contributed by atoms with Crippen molar-refractivity contribution in [2.45, 2.75) is 32.2 Å². The summed E-state index contributed by atoms with van der Waals surface area (Å²) < 4.78 is 12.3. The lowest BCUT2D eigenvalue weighted by molar-refractivity contribution is 0.0903. The van der Waals surface area contributed by atoms with Crippen LogP contribution in [0.1, 0.15) is 25.6 Å². The Labute approximate surface area is 205 Å². The van der Waals surface area contributed by atoms with Gasteiger partial charge in [-0.15, -0.1) is 10.2 Å². The highest BCUT2D eigenvalue weighted by Gasteiger charge is 2.15. The van der Waals surface area contributed by atoms with Crippen molar-refractivity contribution < 1.29 is 14.6 Å². The number of hydrogen-bond acceptors (Lipinski definition) is 8. The van der Waals surface area contributed by atoms with Crippen LogP contribution in [-0.4, -0.2) is 62.6 Å². The smallest absolute Gasteiger partial charge is 0.223 e. The number of pyridine rings is 1. The van der Waals surface area contributed by atoms with Crippen molar-refractivity contribution in [3.05, 3.63) is 66.7 Å². The number of hydrogen-bond donors (Lipinski definition) is 2. The van der Waals surface area contributed by atoms with E-state index in [2.05, 4.69) is 25.5 Å². The normalized spacial score (nSPS) is 14.7. The van der Waals surface area contributed by atoms with E-state index in [1.165, 1.54) is 0 Å². The van der Waals surface area contributed by atoms with E-state index in [0.29, 0.717) is 18.4 Å². The third-order valence-corrected chi connectivity index (χ3v) is 5.81. The third kappa shape index (κ3) is 6.74. The Morgan fingerprint density at radius 1 is 1.14 bits per heavy atom. The van der Waals surface area contributed by atoms with Gasteiger partial charge in [0.1, 0.15) is 11.6 Å². The first-order valence-electron chi connectivity index (χ1n) is 11.9. The summed E-state index contributed by atoms with van der Waals surface area (Å²) in [6, 6.07) is 15.9. The summed E-state index contributed by atoms with van der Waals surface area (Å²) in [6.07, 6.45) is 6.34. The number of nitrogens with one attached hydrogen (secondary N) is 1. The number of benzene rings is 1. The maximum Gasteiger partial charge on any atom is 0.223 e. The number of nitrogens with zero attached hydrogens (tertiary/aromatic N) is 5. The Balaban J connectivity index is 0.000000308. The second-order valence-electron chi connectivity index (χ2n) is 8.57. The molecule has 1 aliphatic heterocycles. The third-order valence-electron chi connectivity index (χ3n) is 5.81. The van der Waals surface area contributed by atoms with Crippen LogP contribution in [0, 0.1) is 5.92 Å². The Morgan fingerprint density at radius 2 is 1.94 bits per heavy atom. The van der Waals surface area contributed by atoms with Gasteiger partial charge in [0.15, 0.2) is 5.65 Å². The molecular weight excluding hydrogens is 444 g/mol. The highest BCUT2D eigenvalue weighted by atomic mass is 16.5. The summed E-state index contributed by atoms with van der Waals surface area (Å²) in [6.45, 7) is 3.68. The molecular formula is C26H32N6O3. The molecule has 0 amide bonds. The van der Waals surface area contributed by atoms with Crippen molar-refractivity contribution in [1.82, 2.24) is 24.6 Å². The van der Waals surface area contributed by atoms with Crippen LogP contribution in [0.15, 0.2) is 60.9 Å². The SMILES string of the molecule is CC(CO)Cc1nnc2cc(-c3ccnc(NC4CCOCC4)n3)ccn12.COc1ccccc1. The fourth-order valence-electron chi connectivity index (χ4n) is 3.79. The number of ether oxygens (including phenoxy) is 2. The molecule has 1 aromatic carbocycles. The van der Waals surface area contributed by atoms with Crippen molar-refractivity contribution in [3.63, 3.8) is 0 Å². The van der Waals surface area contributed by atoms with E-state index in [0.717, 1.165) is 54.5 Å². The average Bonchev–Trinajstić information content (AvgIpc) is 3.32. The van der Waals surface area contributed by atoms with E-state index < -0.39 is 0 Å². The second kappa shape index (κ2) is 12.2. The van der Waals surface area contributed by atoms with Crippen molar-refractivity contribution >= 4 is 11.6 Å². The van der Waals surface area contributed by atoms with Gasteiger partial charge in [0, 0.05) is 50.2 Å². The maximum atomic E-state index is 9.26. The number of methoxy groups -OCH3 is 1. The number of rotatable bonds is 7. The fourth-order valence-corrected chi connectivity index (χ4v) is 3.79. The van der Waals surface area contributed by atoms with Gasteiger partial charge in [0.25, 0.3) is 0 Å². The van der Waals surface area contributed by atoms with Gasteiger partial charge >= 0.3 is 0 Å². The Morgan fingerprint density at radius 3 is 2.66 bits per heavy atom. The molecule has 9 nitrogen and oxygen atoms in total. The summed E-state index contributed by atoms with van der Waals surface area (Å²) >= 11 is 0. The van der Waals surface area contributed by atoms with E-state index in [1.807, 2.05) is 66.1 Å². The molecule has 1 fully saturated rings. The molecule has 1 saturated heterocycles. The van der Waals surface area contributed by atoms with Crippen molar-refractivity contribution in [1.29, 1.82) is 0 Å². The second-order valence-corrected chi connectivity index (χ2v) is 8.57. The fraction of sp³-hybridized carbons (Fsp3) is 0.385.